The number of nitrogens with two attached hydrogens (primary N) is 1. The van der Waals surface area contributed by atoms with Gasteiger partial charge in [0.25, 0.3) is 0 Å². The van der Waals surface area contributed by atoms with E-state index in [9.17, 15) is 0 Å². The van der Waals surface area contributed by atoms with E-state index in [0.29, 0.717) is 0 Å². The molecule has 1 heterocycles. The average molecular weight is 233 g/mol. The topological polar surface area (TPSA) is 32.5 Å². The number of hydrogen-bond acceptors (Lipinski definition) is 3. The van der Waals surface area contributed by atoms with Gasteiger partial charge in [0.15, 0.2) is 0 Å². The van der Waals surface area contributed by atoms with Crippen LogP contribution in [0.25, 0.3) is 0 Å². The molecule has 2 rings (SSSR count). The fraction of sp³-hybridized carbons (Fsp3) is 0.571. The molecule has 1 saturated heterocycles. The van der Waals surface area contributed by atoms with E-state index in [1.807, 2.05) is 0 Å². The Morgan fingerprint density at radius 1 is 1.18 bits per heavy atom. The molecule has 1 aromatic carbocycles. The van der Waals surface area contributed by atoms with Gasteiger partial charge in [-0.2, -0.15) is 0 Å². The van der Waals surface area contributed by atoms with Gasteiger partial charge in [0, 0.05) is 37.9 Å². The molecule has 1 fully saturated rings. The zero-order chi connectivity index (χ0) is 12.3. The van der Waals surface area contributed by atoms with Crippen molar-refractivity contribution in [1.29, 1.82) is 0 Å². The summed E-state index contributed by atoms with van der Waals surface area (Å²) < 4.78 is 0. The van der Waals surface area contributed by atoms with Crippen LogP contribution in [0.2, 0.25) is 0 Å². The van der Waals surface area contributed by atoms with Crippen molar-refractivity contribution >= 4 is 5.69 Å². The van der Waals surface area contributed by atoms with Gasteiger partial charge in [0.05, 0.1) is 0 Å². The molecule has 3 heteroatoms. The number of hydrogen-bond donors (Lipinski definition) is 1. The lowest BCUT2D eigenvalue weighted by Gasteiger charge is -2.36. The number of rotatable bonds is 3. The minimum absolute atomic E-state index is 0.107. The molecule has 2 N–H and O–H groups in total. The normalized spacial score (nSPS) is 19.4. The van der Waals surface area contributed by atoms with Crippen LogP contribution in [0.1, 0.15) is 25.5 Å². The Morgan fingerprint density at radius 3 is 2.41 bits per heavy atom. The Kier molecular flexibility index (Phi) is 4.02. The minimum Gasteiger partial charge on any atom is -0.369 e. The smallest absolute Gasteiger partial charge is 0.0415 e. The lowest BCUT2D eigenvalue weighted by Crippen LogP contribution is -2.46. The molecular weight excluding hydrogens is 210 g/mol. The van der Waals surface area contributed by atoms with Crippen LogP contribution in [-0.2, 0) is 0 Å². The molecule has 0 aromatic heterocycles. The van der Waals surface area contributed by atoms with Crippen molar-refractivity contribution in [3.8, 4) is 0 Å². The highest BCUT2D eigenvalue weighted by atomic mass is 15.3. The van der Waals surface area contributed by atoms with Crippen molar-refractivity contribution in [3.05, 3.63) is 29.8 Å². The molecule has 1 atom stereocenters. The maximum atomic E-state index is 6.04. The summed E-state index contributed by atoms with van der Waals surface area (Å²) in [6, 6.07) is 8.63. The van der Waals surface area contributed by atoms with E-state index in [1.54, 1.807) is 0 Å². The minimum atomic E-state index is 0.107. The first-order valence-corrected chi connectivity index (χ1v) is 6.54. The first-order valence-electron chi connectivity index (χ1n) is 6.54. The number of para-hydroxylation sites is 1. The molecular formula is C14H23N3. The van der Waals surface area contributed by atoms with E-state index < -0.39 is 0 Å². The monoisotopic (exact) mass is 233 g/mol. The van der Waals surface area contributed by atoms with Gasteiger partial charge in [0.1, 0.15) is 0 Å². The second kappa shape index (κ2) is 5.52. The van der Waals surface area contributed by atoms with Gasteiger partial charge in [-0.3, -0.25) is 0 Å². The molecule has 1 aromatic rings. The Hall–Kier alpha value is -1.06. The quantitative estimate of drug-likeness (QED) is 0.865. The second-order valence-electron chi connectivity index (χ2n) is 4.77. The number of benzene rings is 1. The highest BCUT2D eigenvalue weighted by Gasteiger charge is 2.18. The molecule has 1 aliphatic rings. The second-order valence-corrected chi connectivity index (χ2v) is 4.77. The first kappa shape index (κ1) is 12.4. The van der Waals surface area contributed by atoms with Gasteiger partial charge in [-0.25, -0.2) is 0 Å². The SMILES string of the molecule is CCN1CCN(c2ccccc2[C@H](C)N)CC1. The Morgan fingerprint density at radius 2 is 1.82 bits per heavy atom. The van der Waals surface area contributed by atoms with Crippen molar-refractivity contribution in [2.24, 2.45) is 5.73 Å². The Bertz CT molecular complexity index is 354. The van der Waals surface area contributed by atoms with Gasteiger partial charge < -0.3 is 15.5 Å². The van der Waals surface area contributed by atoms with Crippen LogP contribution in [0.5, 0.6) is 0 Å². The summed E-state index contributed by atoms with van der Waals surface area (Å²) in [7, 11) is 0. The lowest BCUT2D eigenvalue weighted by atomic mass is 10.1. The molecule has 0 saturated carbocycles. The number of nitrogens with zero attached hydrogens (tertiary/aromatic N) is 2. The first-order chi connectivity index (χ1) is 8.22. The lowest BCUT2D eigenvalue weighted by molar-refractivity contribution is 0.271. The summed E-state index contributed by atoms with van der Waals surface area (Å²) in [6.07, 6.45) is 0. The van der Waals surface area contributed by atoms with Crippen molar-refractivity contribution in [1.82, 2.24) is 4.90 Å². The molecule has 94 valence electrons. The van der Waals surface area contributed by atoms with Crippen molar-refractivity contribution < 1.29 is 0 Å². The van der Waals surface area contributed by atoms with Crippen LogP contribution < -0.4 is 10.6 Å². The fourth-order valence-electron chi connectivity index (χ4n) is 2.47. The number of piperazine rings is 1. The van der Waals surface area contributed by atoms with E-state index >= 15 is 0 Å². The third kappa shape index (κ3) is 2.79. The van der Waals surface area contributed by atoms with Gasteiger partial charge in [-0.1, -0.05) is 25.1 Å². The van der Waals surface area contributed by atoms with Crippen LogP contribution in [0.3, 0.4) is 0 Å². The summed E-state index contributed by atoms with van der Waals surface area (Å²) in [4.78, 5) is 4.95. The van der Waals surface area contributed by atoms with Gasteiger partial charge in [-0.15, -0.1) is 0 Å². The van der Waals surface area contributed by atoms with Gasteiger partial charge in [0.2, 0.25) is 0 Å². The zero-order valence-electron chi connectivity index (χ0n) is 10.9. The van der Waals surface area contributed by atoms with Crippen LogP contribution in [0.15, 0.2) is 24.3 Å². The summed E-state index contributed by atoms with van der Waals surface area (Å²) in [6.45, 7) is 9.97. The number of likely N-dealkylation sites (N-methyl/N-ethyl adjacent to an activating group) is 1. The summed E-state index contributed by atoms with van der Waals surface area (Å²) in [5, 5.41) is 0. The largest absolute Gasteiger partial charge is 0.369 e. The third-order valence-corrected chi connectivity index (χ3v) is 3.59. The third-order valence-electron chi connectivity index (χ3n) is 3.59. The predicted molar refractivity (Wildman–Crippen MR) is 73.4 cm³/mol. The van der Waals surface area contributed by atoms with E-state index in [4.69, 9.17) is 5.73 Å². The highest BCUT2D eigenvalue weighted by molar-refractivity contribution is 5.55. The molecule has 0 unspecified atom stereocenters. The van der Waals surface area contributed by atoms with Crippen LogP contribution in [-0.4, -0.2) is 37.6 Å². The summed E-state index contributed by atoms with van der Waals surface area (Å²) >= 11 is 0. The maximum Gasteiger partial charge on any atom is 0.0415 e. The molecule has 0 radical (unpaired) electrons. The maximum absolute atomic E-state index is 6.04. The molecule has 1 aliphatic heterocycles. The van der Waals surface area contributed by atoms with Gasteiger partial charge in [-0.05, 0) is 25.1 Å². The predicted octanol–water partition coefficient (Wildman–Crippen LogP) is 1.85. The van der Waals surface area contributed by atoms with Crippen LogP contribution in [0, 0.1) is 0 Å². The molecule has 0 spiro atoms. The Balaban J connectivity index is 2.13. The van der Waals surface area contributed by atoms with E-state index in [0.717, 1.165) is 32.7 Å². The van der Waals surface area contributed by atoms with E-state index in [2.05, 4.69) is 47.9 Å². The number of anilines is 1. The Labute approximate surface area is 104 Å². The molecule has 3 nitrogen and oxygen atoms in total. The van der Waals surface area contributed by atoms with E-state index in [1.165, 1.54) is 11.3 Å². The van der Waals surface area contributed by atoms with E-state index in [-0.39, 0.29) is 6.04 Å². The zero-order valence-corrected chi connectivity index (χ0v) is 10.9. The van der Waals surface area contributed by atoms with Crippen LogP contribution >= 0.6 is 0 Å². The van der Waals surface area contributed by atoms with Crippen molar-refractivity contribution in [2.75, 3.05) is 37.6 Å². The van der Waals surface area contributed by atoms with Gasteiger partial charge >= 0.3 is 0 Å². The molecule has 0 aliphatic carbocycles. The summed E-state index contributed by atoms with van der Waals surface area (Å²) in [5.41, 5.74) is 8.62. The van der Waals surface area contributed by atoms with Crippen molar-refractivity contribution in [3.63, 3.8) is 0 Å². The highest BCUT2D eigenvalue weighted by Crippen LogP contribution is 2.25. The molecule has 17 heavy (non-hydrogen) atoms. The fourth-order valence-corrected chi connectivity index (χ4v) is 2.47. The molecule has 0 amide bonds. The molecule has 0 bridgehead atoms. The van der Waals surface area contributed by atoms with Crippen LogP contribution in [0.4, 0.5) is 5.69 Å². The standard InChI is InChI=1S/C14H23N3/c1-3-16-8-10-17(11-9-16)14-7-5-4-6-13(14)12(2)15/h4-7,12H,3,8-11,15H2,1-2H3/t12-/m0/s1. The van der Waals surface area contributed by atoms with Crippen molar-refractivity contribution in [2.45, 2.75) is 19.9 Å². The average Bonchev–Trinajstić information content (AvgIpc) is 2.39. The summed E-state index contributed by atoms with van der Waals surface area (Å²) in [5.74, 6) is 0.